The molecule has 1 aromatic heterocycles. The van der Waals surface area contributed by atoms with E-state index in [1.54, 1.807) is 24.3 Å². The van der Waals surface area contributed by atoms with Crippen molar-refractivity contribution in [1.29, 1.82) is 0 Å². The van der Waals surface area contributed by atoms with Gasteiger partial charge in [0.25, 0.3) is 0 Å². The summed E-state index contributed by atoms with van der Waals surface area (Å²) in [5.41, 5.74) is 1.64. The number of rotatable bonds is 4. The Bertz CT molecular complexity index is 520. The van der Waals surface area contributed by atoms with E-state index in [2.05, 4.69) is 4.98 Å². The van der Waals surface area contributed by atoms with Crippen LogP contribution in [0.25, 0.3) is 11.3 Å². The van der Waals surface area contributed by atoms with Crippen molar-refractivity contribution in [3.05, 3.63) is 46.9 Å². The van der Waals surface area contributed by atoms with Gasteiger partial charge < -0.3 is 14.5 Å². The number of aromatic nitrogens is 1. The fraction of sp³-hybridized carbons (Fsp3) is 0.231. The molecule has 1 N–H and O–H groups in total. The largest absolute Gasteiger partial charge is 0.352 e. The summed E-state index contributed by atoms with van der Waals surface area (Å²) in [6, 6.07) is 8.27. The van der Waals surface area contributed by atoms with Crippen molar-refractivity contribution in [2.45, 2.75) is 6.29 Å². The maximum Gasteiger partial charge on any atom is 0.198 e. The van der Waals surface area contributed by atoms with Crippen LogP contribution in [-0.2, 0) is 9.47 Å². The van der Waals surface area contributed by atoms with E-state index in [-0.39, 0.29) is 5.82 Å². The molecule has 0 spiro atoms. The second-order valence-corrected chi connectivity index (χ2v) is 4.19. The molecule has 0 atom stereocenters. The van der Waals surface area contributed by atoms with Gasteiger partial charge in [0, 0.05) is 30.9 Å². The van der Waals surface area contributed by atoms with Crippen molar-refractivity contribution in [2.75, 3.05) is 14.2 Å². The zero-order valence-electron chi connectivity index (χ0n) is 10.0. The lowest BCUT2D eigenvalue weighted by Gasteiger charge is -2.10. The van der Waals surface area contributed by atoms with Crippen molar-refractivity contribution in [3.8, 4) is 11.3 Å². The van der Waals surface area contributed by atoms with Crippen molar-refractivity contribution in [3.63, 3.8) is 0 Å². The molecule has 18 heavy (non-hydrogen) atoms. The molecule has 2 rings (SSSR count). The summed E-state index contributed by atoms with van der Waals surface area (Å²) in [4.78, 5) is 2.95. The van der Waals surface area contributed by atoms with Crippen molar-refractivity contribution in [2.24, 2.45) is 0 Å². The number of methoxy groups -OCH3 is 2. The summed E-state index contributed by atoms with van der Waals surface area (Å²) in [7, 11) is 2.99. The number of benzene rings is 1. The van der Waals surface area contributed by atoms with Gasteiger partial charge in [-0.15, -0.1) is 0 Å². The Kier molecular flexibility index (Phi) is 4.01. The molecule has 0 saturated carbocycles. The first-order valence-electron chi connectivity index (χ1n) is 5.35. The normalized spacial score (nSPS) is 11.2. The third-order valence-corrected chi connectivity index (χ3v) is 2.86. The third-order valence-electron chi connectivity index (χ3n) is 2.61. The van der Waals surface area contributed by atoms with Gasteiger partial charge in [-0.05, 0) is 12.1 Å². The Hall–Kier alpha value is -1.36. The van der Waals surface area contributed by atoms with E-state index in [1.165, 1.54) is 20.3 Å². The first-order chi connectivity index (χ1) is 8.65. The van der Waals surface area contributed by atoms with Crippen LogP contribution in [0.3, 0.4) is 0 Å². The molecule has 0 amide bonds. The van der Waals surface area contributed by atoms with Gasteiger partial charge in [-0.25, -0.2) is 4.39 Å². The Labute approximate surface area is 109 Å². The van der Waals surface area contributed by atoms with Crippen LogP contribution in [0.15, 0.2) is 30.3 Å². The van der Waals surface area contributed by atoms with Gasteiger partial charge in [0.1, 0.15) is 5.82 Å². The van der Waals surface area contributed by atoms with E-state index < -0.39 is 6.29 Å². The molecular weight excluding hydrogens is 257 g/mol. The fourth-order valence-corrected chi connectivity index (χ4v) is 1.88. The molecule has 0 aliphatic carbocycles. The third kappa shape index (κ3) is 2.56. The van der Waals surface area contributed by atoms with Crippen LogP contribution in [-0.4, -0.2) is 19.2 Å². The molecule has 5 heteroatoms. The Morgan fingerprint density at radius 1 is 1.17 bits per heavy atom. The number of halogens is 2. The summed E-state index contributed by atoms with van der Waals surface area (Å²) in [6.07, 6.45) is -0.611. The van der Waals surface area contributed by atoms with Gasteiger partial charge in [-0.1, -0.05) is 23.7 Å². The quantitative estimate of drug-likeness (QED) is 0.858. The van der Waals surface area contributed by atoms with Gasteiger partial charge >= 0.3 is 0 Å². The molecule has 96 valence electrons. The second-order valence-electron chi connectivity index (χ2n) is 3.76. The minimum absolute atomic E-state index is 0.355. The van der Waals surface area contributed by atoms with E-state index in [1.807, 2.05) is 0 Å². The highest BCUT2D eigenvalue weighted by molar-refractivity contribution is 6.30. The van der Waals surface area contributed by atoms with Crippen LogP contribution in [0.2, 0.25) is 5.02 Å². The molecular formula is C13H13ClFNO2. The van der Waals surface area contributed by atoms with Crippen molar-refractivity contribution < 1.29 is 13.9 Å². The van der Waals surface area contributed by atoms with Crippen LogP contribution in [0.4, 0.5) is 4.39 Å². The number of hydrogen-bond acceptors (Lipinski definition) is 2. The highest BCUT2D eigenvalue weighted by Crippen LogP contribution is 2.27. The number of H-pyrrole nitrogens is 1. The highest BCUT2D eigenvalue weighted by Gasteiger charge is 2.16. The molecule has 0 radical (unpaired) electrons. The first-order valence-corrected chi connectivity index (χ1v) is 5.73. The van der Waals surface area contributed by atoms with E-state index in [9.17, 15) is 4.39 Å². The van der Waals surface area contributed by atoms with Crippen molar-refractivity contribution >= 4 is 11.6 Å². The summed E-state index contributed by atoms with van der Waals surface area (Å²) in [6.45, 7) is 0. The molecule has 0 fully saturated rings. The van der Waals surface area contributed by atoms with E-state index in [4.69, 9.17) is 21.1 Å². The lowest BCUT2D eigenvalue weighted by molar-refractivity contribution is -0.108. The molecule has 1 aromatic carbocycles. The zero-order chi connectivity index (χ0) is 13.1. The summed E-state index contributed by atoms with van der Waals surface area (Å²) >= 11 is 5.80. The van der Waals surface area contributed by atoms with Crippen molar-refractivity contribution in [1.82, 2.24) is 4.98 Å². The molecule has 2 aromatic rings. The maximum absolute atomic E-state index is 13.9. The maximum atomic E-state index is 13.9. The van der Waals surface area contributed by atoms with Gasteiger partial charge in [0.2, 0.25) is 0 Å². The standard InChI is InChI=1S/C13H13ClFNO2/c1-17-13(18-2)11-7-10(15)12(16-11)8-3-5-9(14)6-4-8/h3-7,13,16H,1-2H3. The molecule has 0 aliphatic rings. The summed E-state index contributed by atoms with van der Waals surface area (Å²) < 4.78 is 24.0. The van der Waals surface area contributed by atoms with Gasteiger partial charge in [-0.3, -0.25) is 0 Å². The SMILES string of the molecule is COC(OC)c1cc(F)c(-c2ccc(Cl)cc2)[nH]1. The van der Waals surface area contributed by atoms with Crippen LogP contribution >= 0.6 is 11.6 Å². The first kappa shape index (κ1) is 13.1. The average Bonchev–Trinajstić information content (AvgIpc) is 2.74. The fourth-order valence-electron chi connectivity index (χ4n) is 1.75. The topological polar surface area (TPSA) is 34.2 Å². The smallest absolute Gasteiger partial charge is 0.198 e. The molecule has 1 heterocycles. The van der Waals surface area contributed by atoms with Crippen LogP contribution in [0, 0.1) is 5.82 Å². The van der Waals surface area contributed by atoms with E-state index >= 15 is 0 Å². The Morgan fingerprint density at radius 2 is 1.78 bits per heavy atom. The summed E-state index contributed by atoms with van der Waals surface area (Å²) in [5, 5.41) is 0.609. The highest BCUT2D eigenvalue weighted by atomic mass is 35.5. The molecule has 0 unspecified atom stereocenters. The zero-order valence-corrected chi connectivity index (χ0v) is 10.8. The van der Waals surface area contributed by atoms with E-state index in [0.717, 1.165) is 0 Å². The minimum Gasteiger partial charge on any atom is -0.352 e. The van der Waals surface area contributed by atoms with Gasteiger partial charge in [0.05, 0.1) is 11.4 Å². The van der Waals surface area contributed by atoms with Gasteiger partial charge in [0.15, 0.2) is 6.29 Å². The Balaban J connectivity index is 2.37. The monoisotopic (exact) mass is 269 g/mol. The molecule has 0 bridgehead atoms. The predicted octanol–water partition coefficient (Wildman–Crippen LogP) is 3.77. The molecule has 0 saturated heterocycles. The van der Waals surface area contributed by atoms with E-state index in [0.29, 0.717) is 22.0 Å². The van der Waals surface area contributed by atoms with Gasteiger partial charge in [-0.2, -0.15) is 0 Å². The van der Waals surface area contributed by atoms with Crippen LogP contribution in [0.1, 0.15) is 12.0 Å². The number of aromatic amines is 1. The molecule has 3 nitrogen and oxygen atoms in total. The summed E-state index contributed by atoms with van der Waals surface area (Å²) in [5.74, 6) is -0.355. The van der Waals surface area contributed by atoms with Crippen LogP contribution in [0.5, 0.6) is 0 Å². The number of ether oxygens (including phenoxy) is 2. The lowest BCUT2D eigenvalue weighted by Crippen LogP contribution is -2.03. The second kappa shape index (κ2) is 5.52. The average molecular weight is 270 g/mol. The van der Waals surface area contributed by atoms with Crippen LogP contribution < -0.4 is 0 Å². The predicted molar refractivity (Wildman–Crippen MR) is 68.0 cm³/mol. The minimum atomic E-state index is -0.611. The molecule has 0 aliphatic heterocycles. The number of nitrogens with one attached hydrogen (secondary N) is 1. The number of hydrogen-bond donors (Lipinski definition) is 1. The Morgan fingerprint density at radius 3 is 2.33 bits per heavy atom. The lowest BCUT2D eigenvalue weighted by atomic mass is 10.1.